The van der Waals surface area contributed by atoms with Crippen molar-refractivity contribution in [2.75, 3.05) is 13.7 Å². The summed E-state index contributed by atoms with van der Waals surface area (Å²) in [5, 5.41) is 4.34. The molecule has 22 heavy (non-hydrogen) atoms. The molecular formula is C17H24N2O3. The lowest BCUT2D eigenvalue weighted by molar-refractivity contribution is -0.433. The Balaban J connectivity index is 1.99. The average molecular weight is 304 g/mol. The summed E-state index contributed by atoms with van der Waals surface area (Å²) >= 11 is 0. The van der Waals surface area contributed by atoms with Crippen molar-refractivity contribution in [1.82, 2.24) is 4.90 Å². The van der Waals surface area contributed by atoms with E-state index in [1.54, 1.807) is 7.11 Å². The maximum Gasteiger partial charge on any atom is 0.328 e. The highest BCUT2D eigenvalue weighted by Crippen LogP contribution is 2.62. The van der Waals surface area contributed by atoms with Crippen molar-refractivity contribution in [2.24, 2.45) is 10.6 Å². The van der Waals surface area contributed by atoms with Crippen LogP contribution in [-0.2, 0) is 9.57 Å². The smallest absolute Gasteiger partial charge is 0.328 e. The van der Waals surface area contributed by atoms with Crippen LogP contribution in [0.5, 0.6) is 5.75 Å². The molecule has 0 radical (unpaired) electrons. The van der Waals surface area contributed by atoms with Crippen LogP contribution in [0.1, 0.15) is 40.2 Å². The molecule has 3 rings (SSSR count). The van der Waals surface area contributed by atoms with E-state index in [1.807, 2.05) is 31.2 Å². The minimum atomic E-state index is -0.819. The lowest BCUT2D eigenvalue weighted by atomic mass is 9.61. The molecule has 1 atom stereocenters. The largest absolute Gasteiger partial charge is 0.497 e. The molecule has 0 N–H and O–H groups in total. The van der Waals surface area contributed by atoms with Gasteiger partial charge in [-0.3, -0.25) is 4.90 Å². The zero-order valence-electron chi connectivity index (χ0n) is 14.1. The number of methoxy groups -OCH3 is 1. The number of nitrogens with zero attached hydrogens (tertiary/aromatic N) is 2. The summed E-state index contributed by atoms with van der Waals surface area (Å²) in [6, 6.07) is 7.84. The van der Waals surface area contributed by atoms with Gasteiger partial charge in [0.2, 0.25) is 0 Å². The summed E-state index contributed by atoms with van der Waals surface area (Å²) in [5.74, 6) is 0.809. The predicted octanol–water partition coefficient (Wildman–Crippen LogP) is 3.20. The van der Waals surface area contributed by atoms with E-state index in [4.69, 9.17) is 14.3 Å². The highest BCUT2D eigenvalue weighted by molar-refractivity contribution is 6.01. The molecule has 5 nitrogen and oxygen atoms in total. The zero-order chi connectivity index (χ0) is 16.2. The molecule has 120 valence electrons. The lowest BCUT2D eigenvalue weighted by Crippen LogP contribution is -2.83. The molecule has 2 aliphatic heterocycles. The molecule has 1 unspecified atom stereocenters. The number of oxime groups is 1. The molecular weight excluding hydrogens is 280 g/mol. The molecule has 1 aromatic carbocycles. The number of rotatable bonds is 4. The summed E-state index contributed by atoms with van der Waals surface area (Å²) in [6.45, 7) is 11.2. The van der Waals surface area contributed by atoms with E-state index in [2.05, 4.69) is 37.8 Å². The number of hydrogen-bond donors (Lipinski definition) is 0. The number of amidine groups is 1. The van der Waals surface area contributed by atoms with Crippen LogP contribution in [0.2, 0.25) is 0 Å². The van der Waals surface area contributed by atoms with Crippen molar-refractivity contribution >= 4 is 5.84 Å². The Hall–Kier alpha value is -1.75. The second-order valence-corrected chi connectivity index (χ2v) is 6.77. The average Bonchev–Trinajstić information content (AvgIpc) is 2.87. The summed E-state index contributed by atoms with van der Waals surface area (Å²) in [6.07, 6.45) is 0. The molecule has 1 saturated heterocycles. The Bertz CT molecular complexity index is 607. The van der Waals surface area contributed by atoms with Gasteiger partial charge in [-0.15, -0.1) is 0 Å². The Morgan fingerprint density at radius 2 is 1.77 bits per heavy atom. The third-order valence-corrected chi connectivity index (χ3v) is 5.33. The van der Waals surface area contributed by atoms with Gasteiger partial charge in [0.05, 0.1) is 24.7 Å². The quantitative estimate of drug-likeness (QED) is 0.857. The second kappa shape index (κ2) is 4.62. The van der Waals surface area contributed by atoms with Gasteiger partial charge in [0, 0.05) is 5.56 Å². The topological polar surface area (TPSA) is 43.3 Å². The maximum atomic E-state index is 6.00. The Labute approximate surface area is 131 Å². The molecule has 2 aliphatic rings. The van der Waals surface area contributed by atoms with Gasteiger partial charge in [-0.2, -0.15) is 0 Å². The van der Waals surface area contributed by atoms with Gasteiger partial charge >= 0.3 is 5.91 Å². The van der Waals surface area contributed by atoms with Crippen LogP contribution < -0.4 is 4.74 Å². The van der Waals surface area contributed by atoms with E-state index in [1.165, 1.54) is 0 Å². The molecule has 0 spiro atoms. The molecule has 0 bridgehead atoms. The molecule has 1 fully saturated rings. The first-order valence-electron chi connectivity index (χ1n) is 7.66. The third kappa shape index (κ3) is 1.60. The van der Waals surface area contributed by atoms with Crippen LogP contribution in [0, 0.1) is 5.41 Å². The van der Waals surface area contributed by atoms with E-state index in [9.17, 15) is 0 Å². The second-order valence-electron chi connectivity index (χ2n) is 6.77. The molecule has 1 aromatic rings. The highest BCUT2D eigenvalue weighted by Gasteiger charge is 2.78. The first kappa shape index (κ1) is 15.2. The van der Waals surface area contributed by atoms with Crippen molar-refractivity contribution in [3.8, 4) is 5.75 Å². The van der Waals surface area contributed by atoms with E-state index in [0.717, 1.165) is 17.1 Å². The zero-order valence-corrected chi connectivity index (χ0v) is 14.1. The SMILES string of the molecule is CCOC12ON=C(c3ccc(OC)cc3)N1C(C)(C)C2(C)C. The Morgan fingerprint density at radius 3 is 2.32 bits per heavy atom. The normalized spacial score (nSPS) is 27.5. The third-order valence-electron chi connectivity index (χ3n) is 5.33. The first-order chi connectivity index (χ1) is 10.3. The van der Waals surface area contributed by atoms with Gasteiger partial charge in [0.25, 0.3) is 0 Å². The first-order valence-corrected chi connectivity index (χ1v) is 7.66. The van der Waals surface area contributed by atoms with Crippen molar-refractivity contribution in [3.05, 3.63) is 29.8 Å². The van der Waals surface area contributed by atoms with Crippen LogP contribution >= 0.6 is 0 Å². The van der Waals surface area contributed by atoms with Crippen molar-refractivity contribution in [3.63, 3.8) is 0 Å². The molecule has 0 aromatic heterocycles. The predicted molar refractivity (Wildman–Crippen MR) is 84.7 cm³/mol. The maximum absolute atomic E-state index is 6.00. The van der Waals surface area contributed by atoms with Crippen LogP contribution in [0.25, 0.3) is 0 Å². The summed E-state index contributed by atoms with van der Waals surface area (Å²) in [7, 11) is 1.66. The van der Waals surface area contributed by atoms with Crippen molar-refractivity contribution in [1.29, 1.82) is 0 Å². The van der Waals surface area contributed by atoms with Crippen LogP contribution in [-0.4, -0.2) is 35.9 Å². The van der Waals surface area contributed by atoms with Crippen molar-refractivity contribution < 1.29 is 14.3 Å². The number of hydrogen-bond acceptors (Lipinski definition) is 5. The van der Waals surface area contributed by atoms with Gasteiger partial charge in [0.1, 0.15) is 5.75 Å². The fourth-order valence-corrected chi connectivity index (χ4v) is 3.35. The van der Waals surface area contributed by atoms with Gasteiger partial charge in [-0.25, -0.2) is 0 Å². The molecule has 2 heterocycles. The summed E-state index contributed by atoms with van der Waals surface area (Å²) < 4.78 is 11.2. The van der Waals surface area contributed by atoms with E-state index in [0.29, 0.717) is 6.61 Å². The van der Waals surface area contributed by atoms with Gasteiger partial charge in [0.15, 0.2) is 5.84 Å². The van der Waals surface area contributed by atoms with E-state index < -0.39 is 5.91 Å². The molecule has 5 heteroatoms. The minimum absolute atomic E-state index is 0.128. The Morgan fingerprint density at radius 1 is 1.14 bits per heavy atom. The summed E-state index contributed by atoms with van der Waals surface area (Å²) in [4.78, 5) is 7.96. The Kier molecular flexibility index (Phi) is 3.18. The number of fused-ring (bicyclic) bond motifs is 1. The monoisotopic (exact) mass is 304 g/mol. The van der Waals surface area contributed by atoms with E-state index >= 15 is 0 Å². The minimum Gasteiger partial charge on any atom is -0.497 e. The van der Waals surface area contributed by atoms with Gasteiger partial charge in [-0.05, 0) is 58.9 Å². The standard InChI is InChI=1S/C17H24N2O3/c1-7-21-17-15(2,3)16(4,5)19(17)14(18-22-17)12-8-10-13(20-6)11-9-12/h8-11H,7H2,1-6H3. The number of benzene rings is 1. The van der Waals surface area contributed by atoms with Crippen LogP contribution in [0.4, 0.5) is 0 Å². The van der Waals surface area contributed by atoms with Crippen LogP contribution in [0.3, 0.4) is 0 Å². The number of ether oxygens (including phenoxy) is 2. The van der Waals surface area contributed by atoms with Gasteiger partial charge in [-0.1, -0.05) is 5.16 Å². The molecule has 0 aliphatic carbocycles. The molecule has 0 amide bonds. The lowest BCUT2D eigenvalue weighted by Gasteiger charge is -2.68. The van der Waals surface area contributed by atoms with Crippen molar-refractivity contribution in [2.45, 2.75) is 46.1 Å². The van der Waals surface area contributed by atoms with Gasteiger partial charge < -0.3 is 14.3 Å². The molecule has 0 saturated carbocycles. The summed E-state index contributed by atoms with van der Waals surface area (Å²) in [5.41, 5.74) is 0.677. The highest BCUT2D eigenvalue weighted by atomic mass is 16.8. The van der Waals surface area contributed by atoms with Crippen LogP contribution in [0.15, 0.2) is 29.4 Å². The fraction of sp³-hybridized carbons (Fsp3) is 0.588. The van der Waals surface area contributed by atoms with E-state index in [-0.39, 0.29) is 11.0 Å². The fourth-order valence-electron chi connectivity index (χ4n) is 3.35.